The Morgan fingerprint density at radius 2 is 1.76 bits per heavy atom. The normalized spacial score (nSPS) is 10.2. The third kappa shape index (κ3) is 6.40. The van der Waals surface area contributed by atoms with Crippen molar-refractivity contribution in [2.24, 2.45) is 0 Å². The quantitative estimate of drug-likeness (QED) is 0.582. The molecule has 0 fully saturated rings. The second-order valence-corrected chi connectivity index (χ2v) is 6.69. The van der Waals surface area contributed by atoms with Gasteiger partial charge in [-0.1, -0.05) is 24.3 Å². The smallest absolute Gasteiger partial charge is 0.224 e. The lowest BCUT2D eigenvalue weighted by molar-refractivity contribution is -0.116. The number of phenolic OH excluding ortho intramolecular Hbond substituents is 1. The molecule has 3 aromatic rings. The number of aryl methyl sites for hydroxylation is 1. The molecule has 0 aliphatic heterocycles. The van der Waals surface area contributed by atoms with Gasteiger partial charge in [-0.05, 0) is 72.5 Å². The van der Waals surface area contributed by atoms with Gasteiger partial charge in [-0.3, -0.25) is 4.79 Å². The van der Waals surface area contributed by atoms with E-state index in [0.29, 0.717) is 24.3 Å². The van der Waals surface area contributed by atoms with E-state index < -0.39 is 0 Å². The SMILES string of the molecule is N#Cc1cccc(COc2ccc(NC(=O)CCCc3ccc(O)cc3)cc2)c1. The third-order valence-corrected chi connectivity index (χ3v) is 4.41. The minimum absolute atomic E-state index is 0.0363. The summed E-state index contributed by atoms with van der Waals surface area (Å²) in [7, 11) is 0. The number of carbonyl (C=O) groups is 1. The average molecular weight is 386 g/mol. The summed E-state index contributed by atoms with van der Waals surface area (Å²) in [6, 6.07) is 23.7. The van der Waals surface area contributed by atoms with Crippen molar-refractivity contribution in [1.29, 1.82) is 5.26 Å². The molecule has 0 bridgehead atoms. The fourth-order valence-corrected chi connectivity index (χ4v) is 2.87. The number of nitrogens with zero attached hydrogens (tertiary/aromatic N) is 1. The Balaban J connectivity index is 1.42. The van der Waals surface area contributed by atoms with Crippen LogP contribution in [0.15, 0.2) is 72.8 Å². The molecule has 146 valence electrons. The van der Waals surface area contributed by atoms with Gasteiger partial charge in [-0.25, -0.2) is 0 Å². The number of carbonyl (C=O) groups excluding carboxylic acids is 1. The van der Waals surface area contributed by atoms with Crippen LogP contribution in [0.5, 0.6) is 11.5 Å². The van der Waals surface area contributed by atoms with Gasteiger partial charge in [-0.15, -0.1) is 0 Å². The molecular formula is C24H22N2O3. The van der Waals surface area contributed by atoms with Crippen LogP contribution in [-0.2, 0) is 17.8 Å². The van der Waals surface area contributed by atoms with Crippen molar-refractivity contribution in [2.75, 3.05) is 5.32 Å². The van der Waals surface area contributed by atoms with Crippen molar-refractivity contribution in [3.63, 3.8) is 0 Å². The lowest BCUT2D eigenvalue weighted by atomic mass is 10.1. The summed E-state index contributed by atoms with van der Waals surface area (Å²) in [6.45, 7) is 0.373. The van der Waals surface area contributed by atoms with E-state index in [-0.39, 0.29) is 11.7 Å². The molecule has 0 heterocycles. The predicted octanol–water partition coefficient (Wildman–Crippen LogP) is 4.80. The number of benzene rings is 3. The number of anilines is 1. The Kier molecular flexibility index (Phi) is 6.85. The minimum Gasteiger partial charge on any atom is -0.508 e. The summed E-state index contributed by atoms with van der Waals surface area (Å²) in [5, 5.41) is 21.1. The van der Waals surface area contributed by atoms with Gasteiger partial charge in [0.05, 0.1) is 11.6 Å². The van der Waals surface area contributed by atoms with Gasteiger partial charge in [0, 0.05) is 12.1 Å². The molecule has 0 saturated heterocycles. The standard InChI is InChI=1S/C24H22N2O3/c25-16-19-4-1-5-20(15-19)17-29-23-13-9-21(10-14-23)26-24(28)6-2-3-18-7-11-22(27)12-8-18/h1,4-5,7-15,27H,2-3,6,17H2,(H,26,28). The molecule has 0 aliphatic carbocycles. The Hall–Kier alpha value is -3.78. The van der Waals surface area contributed by atoms with Crippen LogP contribution in [0, 0.1) is 11.3 Å². The molecule has 29 heavy (non-hydrogen) atoms. The zero-order chi connectivity index (χ0) is 20.5. The van der Waals surface area contributed by atoms with E-state index >= 15 is 0 Å². The largest absolute Gasteiger partial charge is 0.508 e. The fraction of sp³-hybridized carbons (Fsp3) is 0.167. The summed E-state index contributed by atoms with van der Waals surface area (Å²) in [4.78, 5) is 12.1. The van der Waals surface area contributed by atoms with Crippen molar-refractivity contribution >= 4 is 11.6 Å². The first kappa shape index (κ1) is 20.0. The lowest BCUT2D eigenvalue weighted by Crippen LogP contribution is -2.11. The van der Waals surface area contributed by atoms with Crippen LogP contribution >= 0.6 is 0 Å². The first-order valence-electron chi connectivity index (χ1n) is 9.42. The maximum atomic E-state index is 12.1. The second kappa shape index (κ2) is 9.95. The highest BCUT2D eigenvalue weighted by molar-refractivity contribution is 5.90. The molecule has 0 aromatic heterocycles. The number of hydrogen-bond acceptors (Lipinski definition) is 4. The maximum Gasteiger partial charge on any atom is 0.224 e. The number of rotatable bonds is 8. The number of hydrogen-bond donors (Lipinski definition) is 2. The van der Waals surface area contributed by atoms with Crippen molar-refractivity contribution in [1.82, 2.24) is 0 Å². The molecule has 0 saturated carbocycles. The van der Waals surface area contributed by atoms with Crippen LogP contribution in [0.3, 0.4) is 0 Å². The number of nitriles is 1. The van der Waals surface area contributed by atoms with Crippen LogP contribution in [0.1, 0.15) is 29.5 Å². The van der Waals surface area contributed by atoms with Gasteiger partial charge in [-0.2, -0.15) is 5.26 Å². The molecule has 5 nitrogen and oxygen atoms in total. The van der Waals surface area contributed by atoms with E-state index in [1.165, 1.54) is 0 Å². The molecular weight excluding hydrogens is 364 g/mol. The summed E-state index contributed by atoms with van der Waals surface area (Å²) in [5.74, 6) is 0.901. The summed E-state index contributed by atoms with van der Waals surface area (Å²) < 4.78 is 5.73. The monoisotopic (exact) mass is 386 g/mol. The Morgan fingerprint density at radius 1 is 1.00 bits per heavy atom. The van der Waals surface area contributed by atoms with Crippen LogP contribution in [0.4, 0.5) is 5.69 Å². The van der Waals surface area contributed by atoms with E-state index in [1.54, 1.807) is 48.5 Å². The third-order valence-electron chi connectivity index (χ3n) is 4.41. The molecule has 5 heteroatoms. The molecule has 0 spiro atoms. The lowest BCUT2D eigenvalue weighted by Gasteiger charge is -2.09. The summed E-state index contributed by atoms with van der Waals surface area (Å²) in [5.41, 5.74) is 3.35. The van der Waals surface area contributed by atoms with Crippen molar-refractivity contribution in [3.8, 4) is 17.6 Å². The predicted molar refractivity (Wildman–Crippen MR) is 112 cm³/mol. The van der Waals surface area contributed by atoms with Crippen LogP contribution in [-0.4, -0.2) is 11.0 Å². The number of aromatic hydroxyl groups is 1. The van der Waals surface area contributed by atoms with E-state index in [9.17, 15) is 9.90 Å². The van der Waals surface area contributed by atoms with Crippen LogP contribution in [0.2, 0.25) is 0 Å². The van der Waals surface area contributed by atoms with E-state index in [0.717, 1.165) is 29.7 Å². The van der Waals surface area contributed by atoms with Gasteiger partial charge >= 0.3 is 0 Å². The van der Waals surface area contributed by atoms with Gasteiger partial charge in [0.15, 0.2) is 0 Å². The average Bonchev–Trinajstić information content (AvgIpc) is 2.75. The Bertz CT molecular complexity index is 990. The highest BCUT2D eigenvalue weighted by atomic mass is 16.5. The van der Waals surface area contributed by atoms with Crippen molar-refractivity contribution < 1.29 is 14.6 Å². The van der Waals surface area contributed by atoms with Crippen molar-refractivity contribution in [2.45, 2.75) is 25.9 Å². The Labute approximate surface area is 170 Å². The van der Waals surface area contributed by atoms with Gasteiger partial charge in [0.1, 0.15) is 18.1 Å². The maximum absolute atomic E-state index is 12.1. The van der Waals surface area contributed by atoms with Gasteiger partial charge < -0.3 is 15.2 Å². The molecule has 0 aliphatic rings. The summed E-state index contributed by atoms with van der Waals surface area (Å²) in [6.07, 6.45) is 1.95. The van der Waals surface area contributed by atoms with Crippen LogP contribution < -0.4 is 10.1 Å². The number of nitrogens with one attached hydrogen (secondary N) is 1. The Morgan fingerprint density at radius 3 is 2.48 bits per heavy atom. The molecule has 3 rings (SSSR count). The van der Waals surface area contributed by atoms with E-state index in [2.05, 4.69) is 11.4 Å². The van der Waals surface area contributed by atoms with E-state index in [4.69, 9.17) is 10.00 Å². The fourth-order valence-electron chi connectivity index (χ4n) is 2.87. The zero-order valence-electron chi connectivity index (χ0n) is 16.0. The summed E-state index contributed by atoms with van der Waals surface area (Å²) >= 11 is 0. The van der Waals surface area contributed by atoms with Crippen molar-refractivity contribution in [3.05, 3.63) is 89.5 Å². The molecule has 3 aromatic carbocycles. The molecule has 0 unspecified atom stereocenters. The molecule has 0 radical (unpaired) electrons. The number of ether oxygens (including phenoxy) is 1. The highest BCUT2D eigenvalue weighted by Crippen LogP contribution is 2.18. The minimum atomic E-state index is -0.0363. The van der Waals surface area contributed by atoms with Gasteiger partial charge in [0.2, 0.25) is 5.91 Å². The highest BCUT2D eigenvalue weighted by Gasteiger charge is 2.04. The number of phenols is 1. The topological polar surface area (TPSA) is 82.3 Å². The molecule has 1 amide bonds. The zero-order valence-corrected chi connectivity index (χ0v) is 16.0. The number of amides is 1. The van der Waals surface area contributed by atoms with Gasteiger partial charge in [0.25, 0.3) is 0 Å². The molecule has 2 N–H and O–H groups in total. The van der Waals surface area contributed by atoms with Crippen LogP contribution in [0.25, 0.3) is 0 Å². The first-order valence-corrected chi connectivity index (χ1v) is 9.42. The first-order chi connectivity index (χ1) is 14.1. The second-order valence-electron chi connectivity index (χ2n) is 6.69. The molecule has 0 atom stereocenters. The van der Waals surface area contributed by atoms with E-state index in [1.807, 2.05) is 24.3 Å².